The normalized spacial score (nSPS) is 14.6. The van der Waals surface area contributed by atoms with E-state index in [0.717, 1.165) is 25.8 Å². The lowest BCUT2D eigenvalue weighted by atomic mass is 9.95. The molecule has 0 spiro atoms. The van der Waals surface area contributed by atoms with E-state index < -0.39 is 0 Å². The Morgan fingerprint density at radius 1 is 1.33 bits per heavy atom. The molecule has 2 aromatic rings. The van der Waals surface area contributed by atoms with Gasteiger partial charge in [0.15, 0.2) is 0 Å². The monoisotopic (exact) mass is 263 g/mol. The minimum absolute atomic E-state index is 0.241. The summed E-state index contributed by atoms with van der Waals surface area (Å²) in [7, 11) is 0. The zero-order valence-electron chi connectivity index (χ0n) is 10.8. The zero-order chi connectivity index (χ0) is 12.8. The van der Waals surface area contributed by atoms with Crippen LogP contribution in [0.25, 0.3) is 0 Å². The van der Waals surface area contributed by atoms with Gasteiger partial charge in [-0.05, 0) is 60.7 Å². The lowest BCUT2D eigenvalue weighted by Crippen LogP contribution is -2.22. The quantitative estimate of drug-likeness (QED) is 0.811. The van der Waals surface area contributed by atoms with Crippen molar-refractivity contribution in [1.29, 1.82) is 0 Å². The molecule has 2 heterocycles. The largest absolute Gasteiger partial charge is 0.393 e. The molecule has 2 rings (SSSR count). The molecule has 98 valence electrons. The van der Waals surface area contributed by atoms with Gasteiger partial charge in [0.05, 0.1) is 6.10 Å². The summed E-state index contributed by atoms with van der Waals surface area (Å²) < 4.78 is 2.15. The number of thiophene rings is 1. The van der Waals surface area contributed by atoms with Gasteiger partial charge in [0.25, 0.3) is 0 Å². The predicted octanol–water partition coefficient (Wildman–Crippen LogP) is 3.57. The van der Waals surface area contributed by atoms with Crippen molar-refractivity contribution >= 4 is 11.3 Å². The summed E-state index contributed by atoms with van der Waals surface area (Å²) in [4.78, 5) is 0. The van der Waals surface area contributed by atoms with Crippen molar-refractivity contribution in [1.82, 2.24) is 4.57 Å². The molecule has 2 atom stereocenters. The van der Waals surface area contributed by atoms with E-state index in [1.165, 1.54) is 5.56 Å². The Balaban J connectivity index is 1.79. The molecule has 0 aliphatic rings. The van der Waals surface area contributed by atoms with Gasteiger partial charge in [0.1, 0.15) is 0 Å². The second-order valence-corrected chi connectivity index (χ2v) is 5.68. The van der Waals surface area contributed by atoms with Gasteiger partial charge < -0.3 is 9.67 Å². The Morgan fingerprint density at radius 2 is 2.11 bits per heavy atom. The Bertz CT molecular complexity index is 419. The molecule has 3 heteroatoms. The molecule has 0 fully saturated rings. The molecule has 0 aliphatic heterocycles. The Kier molecular flexibility index (Phi) is 5.02. The van der Waals surface area contributed by atoms with Gasteiger partial charge in [-0.2, -0.15) is 11.3 Å². The lowest BCUT2D eigenvalue weighted by Gasteiger charge is -2.20. The van der Waals surface area contributed by atoms with E-state index in [2.05, 4.69) is 33.8 Å². The van der Waals surface area contributed by atoms with Crippen LogP contribution in [0, 0.1) is 5.92 Å². The topological polar surface area (TPSA) is 25.2 Å². The maximum absolute atomic E-state index is 9.86. The molecular formula is C15H21NOS. The van der Waals surface area contributed by atoms with Crippen LogP contribution in [0.4, 0.5) is 0 Å². The van der Waals surface area contributed by atoms with Crippen molar-refractivity contribution in [2.24, 2.45) is 5.92 Å². The van der Waals surface area contributed by atoms with E-state index in [-0.39, 0.29) is 6.10 Å². The van der Waals surface area contributed by atoms with E-state index >= 15 is 0 Å². The van der Waals surface area contributed by atoms with Crippen LogP contribution >= 0.6 is 11.3 Å². The Morgan fingerprint density at radius 3 is 2.72 bits per heavy atom. The molecule has 0 aliphatic carbocycles. The van der Waals surface area contributed by atoms with E-state index in [1.807, 2.05) is 19.1 Å². The molecule has 0 bridgehead atoms. The van der Waals surface area contributed by atoms with Crippen LogP contribution in [0.15, 0.2) is 41.4 Å². The first-order valence-corrected chi connectivity index (χ1v) is 7.50. The van der Waals surface area contributed by atoms with Gasteiger partial charge >= 0.3 is 0 Å². The van der Waals surface area contributed by atoms with Gasteiger partial charge in [-0.3, -0.25) is 0 Å². The minimum Gasteiger partial charge on any atom is -0.393 e. The Labute approximate surface area is 113 Å². The maximum Gasteiger partial charge on any atom is 0.0557 e. The first kappa shape index (κ1) is 13.4. The highest BCUT2D eigenvalue weighted by Gasteiger charge is 2.15. The van der Waals surface area contributed by atoms with Crippen molar-refractivity contribution in [3.63, 3.8) is 0 Å². The van der Waals surface area contributed by atoms with Crippen molar-refractivity contribution in [2.45, 2.75) is 38.8 Å². The van der Waals surface area contributed by atoms with Crippen LogP contribution in [-0.4, -0.2) is 15.8 Å². The Hall–Kier alpha value is -1.06. The molecule has 2 aromatic heterocycles. The molecule has 0 saturated carbocycles. The summed E-state index contributed by atoms with van der Waals surface area (Å²) in [5.41, 5.74) is 1.42. The molecular weight excluding hydrogens is 242 g/mol. The highest BCUT2D eigenvalue weighted by molar-refractivity contribution is 7.07. The summed E-state index contributed by atoms with van der Waals surface area (Å²) in [6, 6.07) is 6.25. The van der Waals surface area contributed by atoms with E-state index in [9.17, 15) is 5.11 Å². The number of aliphatic hydroxyl groups excluding tert-OH is 1. The first-order chi connectivity index (χ1) is 8.75. The third-order valence-electron chi connectivity index (χ3n) is 3.41. The zero-order valence-corrected chi connectivity index (χ0v) is 11.6. The number of nitrogens with zero attached hydrogens (tertiary/aromatic N) is 1. The third-order valence-corrected chi connectivity index (χ3v) is 4.15. The molecule has 0 saturated heterocycles. The second kappa shape index (κ2) is 6.76. The fourth-order valence-electron chi connectivity index (χ4n) is 2.25. The van der Waals surface area contributed by atoms with Gasteiger partial charge in [0, 0.05) is 24.9 Å². The minimum atomic E-state index is -0.241. The highest BCUT2D eigenvalue weighted by atomic mass is 32.1. The van der Waals surface area contributed by atoms with Crippen molar-refractivity contribution in [2.75, 3.05) is 0 Å². The second-order valence-electron chi connectivity index (χ2n) is 4.90. The fraction of sp³-hybridized carbons (Fsp3) is 0.467. The van der Waals surface area contributed by atoms with E-state index in [4.69, 9.17) is 0 Å². The van der Waals surface area contributed by atoms with Crippen LogP contribution in [0.2, 0.25) is 0 Å². The van der Waals surface area contributed by atoms with Crippen molar-refractivity contribution in [3.05, 3.63) is 46.9 Å². The number of rotatable bonds is 7. The molecule has 2 nitrogen and oxygen atoms in total. The summed E-state index contributed by atoms with van der Waals surface area (Å²) in [6.07, 6.45) is 7.23. The molecule has 0 aromatic carbocycles. The number of hydrogen-bond donors (Lipinski definition) is 1. The average molecular weight is 263 g/mol. The smallest absolute Gasteiger partial charge is 0.0557 e. The molecule has 1 N–H and O–H groups in total. The molecule has 0 amide bonds. The van der Waals surface area contributed by atoms with Gasteiger partial charge in [-0.1, -0.05) is 0 Å². The summed E-state index contributed by atoms with van der Waals surface area (Å²) in [5, 5.41) is 14.2. The van der Waals surface area contributed by atoms with Crippen LogP contribution < -0.4 is 0 Å². The number of aliphatic hydroxyl groups is 1. The maximum atomic E-state index is 9.86. The van der Waals surface area contributed by atoms with Gasteiger partial charge in [-0.25, -0.2) is 0 Å². The van der Waals surface area contributed by atoms with Crippen molar-refractivity contribution in [3.8, 4) is 0 Å². The number of aromatic nitrogens is 1. The van der Waals surface area contributed by atoms with Crippen molar-refractivity contribution < 1.29 is 5.11 Å². The lowest BCUT2D eigenvalue weighted by molar-refractivity contribution is 0.108. The van der Waals surface area contributed by atoms with Crippen LogP contribution in [0.1, 0.15) is 25.3 Å². The predicted molar refractivity (Wildman–Crippen MR) is 76.9 cm³/mol. The SMILES string of the molecule is C[C@@H](O)[C@@H](CCCc1ccsc1)Cn1cccc1. The average Bonchev–Trinajstić information content (AvgIpc) is 2.99. The summed E-state index contributed by atoms with van der Waals surface area (Å²) >= 11 is 1.76. The first-order valence-electron chi connectivity index (χ1n) is 6.55. The third kappa shape index (κ3) is 4.00. The molecule has 0 radical (unpaired) electrons. The van der Waals surface area contributed by atoms with Gasteiger partial charge in [0.2, 0.25) is 0 Å². The van der Waals surface area contributed by atoms with Crippen LogP contribution in [0.3, 0.4) is 0 Å². The van der Waals surface area contributed by atoms with Gasteiger partial charge in [-0.15, -0.1) is 0 Å². The number of hydrogen-bond acceptors (Lipinski definition) is 2. The summed E-state index contributed by atoms with van der Waals surface area (Å²) in [5.74, 6) is 0.344. The highest BCUT2D eigenvalue weighted by Crippen LogP contribution is 2.17. The van der Waals surface area contributed by atoms with Crippen LogP contribution in [0.5, 0.6) is 0 Å². The summed E-state index contributed by atoms with van der Waals surface area (Å²) in [6.45, 7) is 2.81. The van der Waals surface area contributed by atoms with E-state index in [1.54, 1.807) is 11.3 Å². The fourth-order valence-corrected chi connectivity index (χ4v) is 2.95. The van der Waals surface area contributed by atoms with E-state index in [0.29, 0.717) is 5.92 Å². The standard InChI is InChI=1S/C15H21NOS/c1-13(17)15(11-16-8-2-3-9-16)6-4-5-14-7-10-18-12-14/h2-3,7-10,12-13,15,17H,4-6,11H2,1H3/t13-,15+/m1/s1. The van der Waals surface area contributed by atoms with Crippen LogP contribution in [-0.2, 0) is 13.0 Å². The molecule has 18 heavy (non-hydrogen) atoms. The number of aryl methyl sites for hydroxylation is 1. The molecule has 0 unspecified atom stereocenters.